The Morgan fingerprint density at radius 2 is 2.26 bits per heavy atom. The van der Waals surface area contributed by atoms with Gasteiger partial charge in [-0.1, -0.05) is 12.1 Å². The average molecular weight is 269 g/mol. The monoisotopic (exact) mass is 269 g/mol. The second kappa shape index (κ2) is 5.98. The first kappa shape index (κ1) is 14.4. The number of morpholine rings is 1. The molecule has 0 saturated carbocycles. The van der Waals surface area contributed by atoms with Crippen molar-refractivity contribution in [2.24, 2.45) is 0 Å². The molecule has 0 amide bonds. The zero-order valence-corrected chi connectivity index (χ0v) is 12.2. The van der Waals surface area contributed by atoms with Gasteiger partial charge in [0, 0.05) is 26.6 Å². The Morgan fingerprint density at radius 3 is 2.89 bits per heavy atom. The van der Waals surface area contributed by atoms with Gasteiger partial charge in [-0.2, -0.15) is 4.98 Å². The molecule has 0 aliphatic carbocycles. The Kier molecular flexibility index (Phi) is 4.54. The number of hydrogen-bond donors (Lipinski definition) is 0. The van der Waals surface area contributed by atoms with Gasteiger partial charge in [0.05, 0.1) is 24.9 Å². The zero-order valence-electron chi connectivity index (χ0n) is 12.2. The van der Waals surface area contributed by atoms with Crippen LogP contribution in [0.2, 0.25) is 0 Å². The lowest BCUT2D eigenvalue weighted by Gasteiger charge is -2.42. The van der Waals surface area contributed by atoms with Crippen LogP contribution in [0.25, 0.3) is 0 Å². The standard InChI is InChI=1S/C13H23N3O3/c1-5-12-14-11(15-19-12)7-16-6-10(8-17-4)18-13(2,3)9-16/h10H,5-9H2,1-4H3/t10-/m0/s1. The third kappa shape index (κ3) is 3.99. The maximum Gasteiger partial charge on any atom is 0.226 e. The fourth-order valence-electron chi connectivity index (χ4n) is 2.51. The van der Waals surface area contributed by atoms with Gasteiger partial charge < -0.3 is 14.0 Å². The Labute approximate surface area is 114 Å². The van der Waals surface area contributed by atoms with Crippen molar-refractivity contribution in [3.63, 3.8) is 0 Å². The van der Waals surface area contributed by atoms with Gasteiger partial charge in [0.1, 0.15) is 0 Å². The normalized spacial score (nSPS) is 23.7. The van der Waals surface area contributed by atoms with Crippen LogP contribution in [0.1, 0.15) is 32.5 Å². The summed E-state index contributed by atoms with van der Waals surface area (Å²) in [4.78, 5) is 6.64. The summed E-state index contributed by atoms with van der Waals surface area (Å²) in [5.74, 6) is 1.43. The first-order valence-corrected chi connectivity index (χ1v) is 6.73. The second-order valence-electron chi connectivity index (χ2n) is 5.58. The predicted octanol–water partition coefficient (Wildman–Crippen LogP) is 1.26. The van der Waals surface area contributed by atoms with Crippen molar-refractivity contribution >= 4 is 0 Å². The zero-order chi connectivity index (χ0) is 13.9. The van der Waals surface area contributed by atoms with Crippen LogP contribution in [0.5, 0.6) is 0 Å². The van der Waals surface area contributed by atoms with Gasteiger partial charge in [-0.3, -0.25) is 4.90 Å². The molecule has 1 aliphatic heterocycles. The van der Waals surface area contributed by atoms with Crippen LogP contribution in [-0.2, 0) is 22.4 Å². The van der Waals surface area contributed by atoms with E-state index in [0.29, 0.717) is 19.0 Å². The maximum atomic E-state index is 5.98. The Bertz CT molecular complexity index is 406. The lowest BCUT2D eigenvalue weighted by atomic mass is 10.1. The molecule has 108 valence electrons. The van der Waals surface area contributed by atoms with E-state index in [1.807, 2.05) is 6.92 Å². The molecule has 0 bridgehead atoms. The van der Waals surface area contributed by atoms with E-state index in [9.17, 15) is 0 Å². The molecule has 0 unspecified atom stereocenters. The molecule has 0 spiro atoms. The Morgan fingerprint density at radius 1 is 1.47 bits per heavy atom. The van der Waals surface area contributed by atoms with E-state index in [1.165, 1.54) is 0 Å². The molecular formula is C13H23N3O3. The number of aromatic nitrogens is 2. The summed E-state index contributed by atoms with van der Waals surface area (Å²) >= 11 is 0. The summed E-state index contributed by atoms with van der Waals surface area (Å²) in [6, 6.07) is 0. The molecule has 2 rings (SSSR count). The second-order valence-corrected chi connectivity index (χ2v) is 5.58. The minimum atomic E-state index is -0.182. The van der Waals surface area contributed by atoms with E-state index in [-0.39, 0.29) is 11.7 Å². The quantitative estimate of drug-likeness (QED) is 0.802. The van der Waals surface area contributed by atoms with Crippen LogP contribution in [-0.4, -0.2) is 53.6 Å². The fourth-order valence-corrected chi connectivity index (χ4v) is 2.51. The van der Waals surface area contributed by atoms with E-state index in [2.05, 4.69) is 28.9 Å². The molecule has 1 aromatic rings. The average Bonchev–Trinajstić information content (AvgIpc) is 2.75. The number of aryl methyl sites for hydroxylation is 1. The summed E-state index contributed by atoms with van der Waals surface area (Å²) < 4.78 is 16.3. The minimum Gasteiger partial charge on any atom is -0.382 e. The largest absolute Gasteiger partial charge is 0.382 e. The first-order chi connectivity index (χ1) is 9.02. The van der Waals surface area contributed by atoms with E-state index in [0.717, 1.165) is 25.3 Å². The van der Waals surface area contributed by atoms with E-state index in [4.69, 9.17) is 14.0 Å². The molecule has 6 nitrogen and oxygen atoms in total. The molecule has 1 atom stereocenters. The summed E-state index contributed by atoms with van der Waals surface area (Å²) in [5, 5.41) is 4.00. The highest BCUT2D eigenvalue weighted by Gasteiger charge is 2.33. The van der Waals surface area contributed by atoms with Crippen molar-refractivity contribution in [3.8, 4) is 0 Å². The molecule has 1 aromatic heterocycles. The third-order valence-electron chi connectivity index (χ3n) is 3.08. The van der Waals surface area contributed by atoms with Crippen molar-refractivity contribution in [1.29, 1.82) is 0 Å². The molecule has 1 saturated heterocycles. The molecular weight excluding hydrogens is 246 g/mol. The highest BCUT2D eigenvalue weighted by atomic mass is 16.5. The predicted molar refractivity (Wildman–Crippen MR) is 69.8 cm³/mol. The van der Waals surface area contributed by atoms with E-state index < -0.39 is 0 Å². The third-order valence-corrected chi connectivity index (χ3v) is 3.08. The van der Waals surface area contributed by atoms with Crippen LogP contribution in [0.15, 0.2) is 4.52 Å². The molecule has 1 fully saturated rings. The number of ether oxygens (including phenoxy) is 2. The molecule has 0 radical (unpaired) electrons. The Balaban J connectivity index is 1.98. The SMILES string of the molecule is CCc1nc(CN2C[C@@H](COC)OC(C)(C)C2)no1. The topological polar surface area (TPSA) is 60.6 Å². The van der Waals surface area contributed by atoms with Crippen LogP contribution in [0, 0.1) is 0 Å². The van der Waals surface area contributed by atoms with Crippen LogP contribution < -0.4 is 0 Å². The van der Waals surface area contributed by atoms with Gasteiger partial charge in [0.15, 0.2) is 5.82 Å². The molecule has 0 aromatic carbocycles. The van der Waals surface area contributed by atoms with Crippen LogP contribution in [0.4, 0.5) is 0 Å². The maximum absolute atomic E-state index is 5.98. The number of hydrogen-bond acceptors (Lipinski definition) is 6. The molecule has 6 heteroatoms. The lowest BCUT2D eigenvalue weighted by Crippen LogP contribution is -2.53. The molecule has 19 heavy (non-hydrogen) atoms. The van der Waals surface area contributed by atoms with Crippen molar-refractivity contribution in [2.45, 2.75) is 45.4 Å². The van der Waals surface area contributed by atoms with Gasteiger partial charge >= 0.3 is 0 Å². The summed E-state index contributed by atoms with van der Waals surface area (Å²) in [6.45, 7) is 9.16. The van der Waals surface area contributed by atoms with Crippen molar-refractivity contribution in [3.05, 3.63) is 11.7 Å². The van der Waals surface area contributed by atoms with Crippen LogP contribution in [0.3, 0.4) is 0 Å². The molecule has 2 heterocycles. The molecule has 0 N–H and O–H groups in total. The van der Waals surface area contributed by atoms with Gasteiger partial charge in [0.2, 0.25) is 5.89 Å². The van der Waals surface area contributed by atoms with E-state index in [1.54, 1.807) is 7.11 Å². The van der Waals surface area contributed by atoms with Gasteiger partial charge in [-0.15, -0.1) is 0 Å². The van der Waals surface area contributed by atoms with Gasteiger partial charge in [-0.25, -0.2) is 0 Å². The van der Waals surface area contributed by atoms with Crippen molar-refractivity contribution in [2.75, 3.05) is 26.8 Å². The lowest BCUT2D eigenvalue weighted by molar-refractivity contribution is -0.154. The summed E-state index contributed by atoms with van der Waals surface area (Å²) in [6.07, 6.45) is 0.861. The number of methoxy groups -OCH3 is 1. The highest BCUT2D eigenvalue weighted by molar-refractivity contribution is 4.90. The minimum absolute atomic E-state index is 0.0892. The van der Waals surface area contributed by atoms with Gasteiger partial charge in [0.25, 0.3) is 0 Å². The van der Waals surface area contributed by atoms with E-state index >= 15 is 0 Å². The number of rotatable bonds is 5. The summed E-state index contributed by atoms with van der Waals surface area (Å²) in [7, 11) is 1.70. The van der Waals surface area contributed by atoms with Gasteiger partial charge in [-0.05, 0) is 13.8 Å². The molecule has 1 aliphatic rings. The fraction of sp³-hybridized carbons (Fsp3) is 0.846. The smallest absolute Gasteiger partial charge is 0.226 e. The summed E-state index contributed by atoms with van der Waals surface area (Å²) in [5.41, 5.74) is -0.182. The van der Waals surface area contributed by atoms with Crippen molar-refractivity contribution in [1.82, 2.24) is 15.0 Å². The van der Waals surface area contributed by atoms with Crippen LogP contribution >= 0.6 is 0 Å². The highest BCUT2D eigenvalue weighted by Crippen LogP contribution is 2.22. The Hall–Kier alpha value is -0.980. The van der Waals surface area contributed by atoms with Crippen molar-refractivity contribution < 1.29 is 14.0 Å². The first-order valence-electron chi connectivity index (χ1n) is 6.73. The number of nitrogens with zero attached hydrogens (tertiary/aromatic N) is 3.